The fourth-order valence-corrected chi connectivity index (χ4v) is 4.25. The van der Waals surface area contributed by atoms with Crippen molar-refractivity contribution in [2.45, 2.75) is 18.1 Å². The first-order valence-corrected chi connectivity index (χ1v) is 7.81. The van der Waals surface area contributed by atoms with Crippen molar-refractivity contribution in [1.29, 1.82) is 0 Å². The first-order valence-electron chi connectivity index (χ1n) is 5.49. The highest BCUT2D eigenvalue weighted by Gasteiger charge is 2.26. The fraction of sp³-hybridized carbons (Fsp3) is 0.500. The molecule has 0 aliphatic rings. The van der Waals surface area contributed by atoms with E-state index in [0.717, 1.165) is 18.7 Å². The maximum absolute atomic E-state index is 5.71. The molecule has 0 aliphatic carbocycles. The number of hydrogen-bond acceptors (Lipinski definition) is 4. The number of benzene rings is 1. The summed E-state index contributed by atoms with van der Waals surface area (Å²) >= 11 is 0. The van der Waals surface area contributed by atoms with Crippen LogP contribution in [0.1, 0.15) is 18.9 Å². The van der Waals surface area contributed by atoms with Crippen LogP contribution in [0.5, 0.6) is 0 Å². The molecule has 4 heteroatoms. The predicted molar refractivity (Wildman–Crippen MR) is 76.6 cm³/mol. The molecule has 1 aromatic rings. The van der Waals surface area contributed by atoms with Gasteiger partial charge in [0.1, 0.15) is 0 Å². The highest BCUT2D eigenvalue weighted by atomic mass is 33.1. The van der Waals surface area contributed by atoms with Crippen molar-refractivity contribution < 1.29 is 0 Å². The molecule has 4 N–H and O–H groups in total. The van der Waals surface area contributed by atoms with Gasteiger partial charge in [-0.05, 0) is 25.5 Å². The van der Waals surface area contributed by atoms with Crippen LogP contribution in [0.25, 0.3) is 0 Å². The van der Waals surface area contributed by atoms with Gasteiger partial charge in [-0.25, -0.2) is 0 Å². The van der Waals surface area contributed by atoms with Gasteiger partial charge in [0.25, 0.3) is 0 Å². The van der Waals surface area contributed by atoms with E-state index in [-0.39, 0.29) is 4.75 Å². The van der Waals surface area contributed by atoms with Gasteiger partial charge < -0.3 is 11.5 Å². The second kappa shape index (κ2) is 7.22. The Morgan fingerprint density at radius 3 is 2.38 bits per heavy atom. The molecule has 0 amide bonds. The summed E-state index contributed by atoms with van der Waals surface area (Å²) < 4.78 is 0.0931. The van der Waals surface area contributed by atoms with Crippen molar-refractivity contribution in [2.24, 2.45) is 11.5 Å². The van der Waals surface area contributed by atoms with Gasteiger partial charge in [0.15, 0.2) is 0 Å². The Kier molecular flexibility index (Phi) is 6.28. The summed E-state index contributed by atoms with van der Waals surface area (Å²) in [5.74, 6) is 0.984. The highest BCUT2D eigenvalue weighted by Crippen LogP contribution is 2.45. The average Bonchev–Trinajstić information content (AvgIpc) is 2.31. The molecule has 1 aromatic carbocycles. The minimum absolute atomic E-state index is 0.0931. The third kappa shape index (κ3) is 4.01. The van der Waals surface area contributed by atoms with Gasteiger partial charge in [-0.3, -0.25) is 0 Å². The van der Waals surface area contributed by atoms with Gasteiger partial charge in [-0.1, -0.05) is 51.9 Å². The summed E-state index contributed by atoms with van der Waals surface area (Å²) in [6.45, 7) is 3.69. The molecule has 0 bridgehead atoms. The van der Waals surface area contributed by atoms with Crippen LogP contribution < -0.4 is 11.5 Å². The zero-order valence-corrected chi connectivity index (χ0v) is 11.3. The Morgan fingerprint density at radius 1 is 1.12 bits per heavy atom. The molecule has 90 valence electrons. The van der Waals surface area contributed by atoms with Crippen molar-refractivity contribution in [3.05, 3.63) is 35.9 Å². The number of rotatable bonds is 7. The monoisotopic (exact) mass is 256 g/mol. The van der Waals surface area contributed by atoms with E-state index in [9.17, 15) is 0 Å². The quantitative estimate of drug-likeness (QED) is 0.581. The molecule has 16 heavy (non-hydrogen) atoms. The summed E-state index contributed by atoms with van der Waals surface area (Å²) in [7, 11) is 3.71. The fourth-order valence-electron chi connectivity index (χ4n) is 1.52. The maximum Gasteiger partial charge on any atom is 0.0495 e. The Morgan fingerprint density at radius 2 is 1.81 bits per heavy atom. The third-order valence-electron chi connectivity index (χ3n) is 2.45. The van der Waals surface area contributed by atoms with Gasteiger partial charge in [-0.2, -0.15) is 0 Å². The summed E-state index contributed by atoms with van der Waals surface area (Å²) in [6, 6.07) is 10.6. The Balaban J connectivity index is 2.71. The van der Waals surface area contributed by atoms with Crippen molar-refractivity contribution in [2.75, 3.05) is 18.8 Å². The maximum atomic E-state index is 5.71. The largest absolute Gasteiger partial charge is 0.330 e. The van der Waals surface area contributed by atoms with Gasteiger partial charge in [0, 0.05) is 17.0 Å². The molecule has 1 unspecified atom stereocenters. The summed E-state index contributed by atoms with van der Waals surface area (Å²) in [6.07, 6.45) is 0.985. The van der Waals surface area contributed by atoms with Crippen molar-refractivity contribution in [3.8, 4) is 0 Å². The summed E-state index contributed by atoms with van der Waals surface area (Å²) in [5, 5.41) is 0. The van der Waals surface area contributed by atoms with Gasteiger partial charge >= 0.3 is 0 Å². The molecule has 2 nitrogen and oxygen atoms in total. The lowest BCUT2D eigenvalue weighted by Crippen LogP contribution is -2.21. The lowest BCUT2D eigenvalue weighted by molar-refractivity contribution is 0.635. The molecular formula is C12H20N2S2. The van der Waals surface area contributed by atoms with Crippen LogP contribution in [0.3, 0.4) is 0 Å². The zero-order valence-electron chi connectivity index (χ0n) is 9.69. The molecular weight excluding hydrogens is 236 g/mol. The van der Waals surface area contributed by atoms with Crippen molar-refractivity contribution in [3.63, 3.8) is 0 Å². The minimum Gasteiger partial charge on any atom is -0.330 e. The molecule has 0 aromatic heterocycles. The van der Waals surface area contributed by atoms with Crippen LogP contribution in [0.4, 0.5) is 0 Å². The molecule has 0 fully saturated rings. The SMILES string of the molecule is CC(CCN)(SSCCN)c1ccccc1. The number of nitrogens with two attached hydrogens (primary N) is 2. The van der Waals surface area contributed by atoms with Crippen LogP contribution in [-0.2, 0) is 4.75 Å². The molecule has 0 radical (unpaired) electrons. The average molecular weight is 256 g/mol. The molecule has 0 spiro atoms. The van der Waals surface area contributed by atoms with Gasteiger partial charge in [-0.15, -0.1) is 0 Å². The Labute approximate surface area is 106 Å². The smallest absolute Gasteiger partial charge is 0.0495 e. The summed E-state index contributed by atoms with van der Waals surface area (Å²) in [4.78, 5) is 0. The standard InChI is InChI=1S/C12H20N2S2/c1-12(7-8-13,16-15-10-9-14)11-5-3-2-4-6-11/h2-6H,7-10,13-14H2,1H3. The van der Waals surface area contributed by atoms with E-state index in [4.69, 9.17) is 11.5 Å². The zero-order chi connectivity index (χ0) is 11.9. The molecule has 0 aliphatic heterocycles. The molecule has 0 saturated heterocycles. The first kappa shape index (κ1) is 13.9. The van der Waals surface area contributed by atoms with Crippen LogP contribution >= 0.6 is 21.6 Å². The first-order chi connectivity index (χ1) is 7.73. The summed E-state index contributed by atoms with van der Waals surface area (Å²) in [5.41, 5.74) is 12.6. The molecule has 1 rings (SSSR count). The topological polar surface area (TPSA) is 52.0 Å². The lowest BCUT2D eigenvalue weighted by atomic mass is 9.97. The van der Waals surface area contributed by atoms with Crippen molar-refractivity contribution >= 4 is 21.6 Å². The van der Waals surface area contributed by atoms with E-state index in [0.29, 0.717) is 6.54 Å². The molecule has 0 heterocycles. The minimum atomic E-state index is 0.0931. The van der Waals surface area contributed by atoms with E-state index >= 15 is 0 Å². The number of hydrogen-bond donors (Lipinski definition) is 2. The van der Waals surface area contributed by atoms with E-state index < -0.39 is 0 Å². The van der Waals surface area contributed by atoms with Crippen LogP contribution in [0.15, 0.2) is 30.3 Å². The van der Waals surface area contributed by atoms with E-state index in [2.05, 4.69) is 31.2 Å². The van der Waals surface area contributed by atoms with Crippen LogP contribution in [-0.4, -0.2) is 18.8 Å². The third-order valence-corrected chi connectivity index (χ3v) is 5.73. The Bertz CT molecular complexity index is 292. The van der Waals surface area contributed by atoms with E-state index in [1.165, 1.54) is 5.56 Å². The van der Waals surface area contributed by atoms with Gasteiger partial charge in [0.05, 0.1) is 0 Å². The predicted octanol–water partition coefficient (Wildman–Crippen LogP) is 2.59. The second-order valence-electron chi connectivity index (χ2n) is 3.83. The Hall–Kier alpha value is -0.160. The lowest BCUT2D eigenvalue weighted by Gasteiger charge is -2.28. The second-order valence-corrected chi connectivity index (χ2v) is 6.75. The van der Waals surface area contributed by atoms with Crippen LogP contribution in [0.2, 0.25) is 0 Å². The van der Waals surface area contributed by atoms with Crippen LogP contribution in [0, 0.1) is 0 Å². The van der Waals surface area contributed by atoms with E-state index in [1.807, 2.05) is 27.7 Å². The van der Waals surface area contributed by atoms with Crippen molar-refractivity contribution in [1.82, 2.24) is 0 Å². The molecule has 0 saturated carbocycles. The molecule has 1 atom stereocenters. The normalized spacial score (nSPS) is 14.7. The van der Waals surface area contributed by atoms with E-state index in [1.54, 1.807) is 0 Å². The highest BCUT2D eigenvalue weighted by molar-refractivity contribution is 8.77. The van der Waals surface area contributed by atoms with Gasteiger partial charge in [0.2, 0.25) is 0 Å².